The molecule has 1 saturated carbocycles. The molecule has 1 aromatic rings. The van der Waals surface area contributed by atoms with Crippen molar-refractivity contribution in [3.8, 4) is 0 Å². The van der Waals surface area contributed by atoms with E-state index in [0.29, 0.717) is 17.1 Å². The highest BCUT2D eigenvalue weighted by Crippen LogP contribution is 2.27. The lowest BCUT2D eigenvalue weighted by molar-refractivity contribution is 0.185. The fraction of sp³-hybridized carbons (Fsp3) is 0.462. The van der Waals surface area contributed by atoms with Crippen LogP contribution in [0.3, 0.4) is 0 Å². The smallest absolute Gasteiger partial charge is 0.322 e. The largest absolute Gasteiger partial charge is 0.395 e. The zero-order valence-corrected chi connectivity index (χ0v) is 11.5. The van der Waals surface area contributed by atoms with Gasteiger partial charge in [-0.05, 0) is 37.3 Å². The molecular weight excluding hydrogens is 267 g/mol. The van der Waals surface area contributed by atoms with Crippen molar-refractivity contribution in [1.82, 2.24) is 4.90 Å². The first kappa shape index (κ1) is 14.1. The Balaban J connectivity index is 2.03. The molecule has 6 heteroatoms. The molecule has 0 heterocycles. The number of carbonyl (C=O) groups excluding carboxylic acids is 1. The van der Waals surface area contributed by atoms with Crippen molar-refractivity contribution in [3.63, 3.8) is 0 Å². The third-order valence-electron chi connectivity index (χ3n) is 2.99. The number of aliphatic hydroxyl groups is 1. The fourth-order valence-electron chi connectivity index (χ4n) is 1.88. The number of rotatable bonds is 5. The Labute approximate surface area is 116 Å². The van der Waals surface area contributed by atoms with Gasteiger partial charge in [-0.25, -0.2) is 9.18 Å². The van der Waals surface area contributed by atoms with Gasteiger partial charge in [0.05, 0.1) is 6.61 Å². The van der Waals surface area contributed by atoms with E-state index < -0.39 is 0 Å². The van der Waals surface area contributed by atoms with E-state index in [-0.39, 0.29) is 24.5 Å². The molecule has 2 N–H and O–H groups in total. The van der Waals surface area contributed by atoms with Crippen molar-refractivity contribution < 1.29 is 14.3 Å². The minimum Gasteiger partial charge on any atom is -0.395 e. The number of amides is 2. The van der Waals surface area contributed by atoms with Gasteiger partial charge < -0.3 is 15.3 Å². The van der Waals surface area contributed by atoms with Crippen LogP contribution >= 0.6 is 11.8 Å². The summed E-state index contributed by atoms with van der Waals surface area (Å²) in [4.78, 5) is 14.2. The van der Waals surface area contributed by atoms with Crippen LogP contribution in [0.5, 0.6) is 0 Å². The minimum absolute atomic E-state index is 0.0658. The molecule has 19 heavy (non-hydrogen) atoms. The molecule has 0 radical (unpaired) electrons. The van der Waals surface area contributed by atoms with E-state index in [0.717, 1.165) is 12.8 Å². The van der Waals surface area contributed by atoms with E-state index >= 15 is 0 Å². The number of hydrogen-bond donors (Lipinski definition) is 2. The van der Waals surface area contributed by atoms with E-state index in [2.05, 4.69) is 5.32 Å². The average Bonchev–Trinajstić information content (AvgIpc) is 3.20. The molecule has 2 amide bonds. The highest BCUT2D eigenvalue weighted by atomic mass is 32.2. The number of urea groups is 1. The molecule has 2 rings (SSSR count). The van der Waals surface area contributed by atoms with E-state index in [9.17, 15) is 9.18 Å². The van der Waals surface area contributed by atoms with Crippen LogP contribution in [0.15, 0.2) is 23.1 Å². The van der Waals surface area contributed by atoms with Crippen LogP contribution < -0.4 is 5.32 Å². The Morgan fingerprint density at radius 3 is 2.84 bits per heavy atom. The first-order chi connectivity index (χ1) is 9.15. The summed E-state index contributed by atoms with van der Waals surface area (Å²) < 4.78 is 13.6. The van der Waals surface area contributed by atoms with Gasteiger partial charge in [0.15, 0.2) is 0 Å². The number of carbonyl (C=O) groups is 1. The van der Waals surface area contributed by atoms with Crippen LogP contribution in [0.2, 0.25) is 0 Å². The molecule has 1 aromatic carbocycles. The number of thioether (sulfide) groups is 1. The Bertz CT molecular complexity index is 466. The maximum atomic E-state index is 13.6. The standard InChI is InChI=1S/C13H17FN2O2S/c1-19-12-5-2-9(8-11(12)14)15-13(18)16(6-7-17)10-3-4-10/h2,5,8,10,17H,3-4,6-7H2,1H3,(H,15,18). The SMILES string of the molecule is CSc1ccc(NC(=O)N(CCO)C2CC2)cc1F. The number of hydrogen-bond acceptors (Lipinski definition) is 3. The summed E-state index contributed by atoms with van der Waals surface area (Å²) in [5, 5.41) is 11.6. The second-order valence-corrected chi connectivity index (χ2v) is 5.28. The highest BCUT2D eigenvalue weighted by molar-refractivity contribution is 7.98. The predicted molar refractivity (Wildman–Crippen MR) is 74.0 cm³/mol. The van der Waals surface area contributed by atoms with E-state index in [1.165, 1.54) is 17.8 Å². The van der Waals surface area contributed by atoms with Gasteiger partial charge in [0.25, 0.3) is 0 Å². The first-order valence-corrected chi connectivity index (χ1v) is 7.40. The molecular formula is C13H17FN2O2S. The van der Waals surface area contributed by atoms with Crippen LogP contribution in [0.1, 0.15) is 12.8 Å². The van der Waals surface area contributed by atoms with Crippen molar-refractivity contribution >= 4 is 23.5 Å². The van der Waals surface area contributed by atoms with Crippen molar-refractivity contribution in [2.75, 3.05) is 24.7 Å². The third kappa shape index (κ3) is 3.61. The van der Waals surface area contributed by atoms with Gasteiger partial charge in [-0.1, -0.05) is 0 Å². The lowest BCUT2D eigenvalue weighted by atomic mass is 10.3. The summed E-state index contributed by atoms with van der Waals surface area (Å²) in [7, 11) is 0. The zero-order chi connectivity index (χ0) is 13.8. The van der Waals surface area contributed by atoms with Gasteiger partial charge in [-0.3, -0.25) is 0 Å². The van der Waals surface area contributed by atoms with Gasteiger partial charge in [0, 0.05) is 23.2 Å². The van der Waals surface area contributed by atoms with E-state index in [1.807, 2.05) is 0 Å². The summed E-state index contributed by atoms with van der Waals surface area (Å²) in [6, 6.07) is 4.56. The van der Waals surface area contributed by atoms with Crippen molar-refractivity contribution in [2.45, 2.75) is 23.8 Å². The Kier molecular flexibility index (Phi) is 4.66. The Morgan fingerprint density at radius 1 is 1.58 bits per heavy atom. The van der Waals surface area contributed by atoms with E-state index in [4.69, 9.17) is 5.11 Å². The first-order valence-electron chi connectivity index (χ1n) is 6.17. The second kappa shape index (κ2) is 6.25. The van der Waals surface area contributed by atoms with Crippen LogP contribution in [0.25, 0.3) is 0 Å². The monoisotopic (exact) mass is 284 g/mol. The number of halogens is 1. The van der Waals surface area contributed by atoms with E-state index in [1.54, 1.807) is 23.3 Å². The van der Waals surface area contributed by atoms with Gasteiger partial charge in [0.1, 0.15) is 5.82 Å². The van der Waals surface area contributed by atoms with Gasteiger partial charge in [0.2, 0.25) is 0 Å². The molecule has 1 aliphatic carbocycles. The molecule has 0 spiro atoms. The van der Waals surface area contributed by atoms with Crippen molar-refractivity contribution in [2.24, 2.45) is 0 Å². The zero-order valence-electron chi connectivity index (χ0n) is 10.7. The quantitative estimate of drug-likeness (QED) is 0.817. The maximum absolute atomic E-state index is 13.6. The molecule has 104 valence electrons. The number of aliphatic hydroxyl groups excluding tert-OH is 1. The van der Waals surface area contributed by atoms with Crippen molar-refractivity contribution in [1.29, 1.82) is 0 Å². The normalized spacial score (nSPS) is 14.3. The number of benzene rings is 1. The summed E-state index contributed by atoms with van der Waals surface area (Å²) in [6.45, 7) is 0.242. The molecule has 0 unspecified atom stereocenters. The number of anilines is 1. The molecule has 0 aromatic heterocycles. The molecule has 0 bridgehead atoms. The predicted octanol–water partition coefficient (Wildman–Crippen LogP) is 2.54. The molecule has 0 atom stereocenters. The van der Waals surface area contributed by atoms with Gasteiger partial charge in [-0.15, -0.1) is 11.8 Å². The Hall–Kier alpha value is -1.27. The average molecular weight is 284 g/mol. The van der Waals surface area contributed by atoms with Crippen LogP contribution in [-0.4, -0.2) is 41.5 Å². The summed E-state index contributed by atoms with van der Waals surface area (Å²) >= 11 is 1.32. The van der Waals surface area contributed by atoms with Gasteiger partial charge in [-0.2, -0.15) is 0 Å². The topological polar surface area (TPSA) is 52.6 Å². The number of nitrogens with zero attached hydrogens (tertiary/aromatic N) is 1. The van der Waals surface area contributed by atoms with Crippen molar-refractivity contribution in [3.05, 3.63) is 24.0 Å². The summed E-state index contributed by atoms with van der Waals surface area (Å²) in [5.74, 6) is -0.342. The summed E-state index contributed by atoms with van der Waals surface area (Å²) in [5.41, 5.74) is 0.434. The lowest BCUT2D eigenvalue weighted by Gasteiger charge is -2.21. The second-order valence-electron chi connectivity index (χ2n) is 4.43. The van der Waals surface area contributed by atoms with Crippen LogP contribution in [0, 0.1) is 5.82 Å². The molecule has 1 fully saturated rings. The summed E-state index contributed by atoms with van der Waals surface area (Å²) in [6.07, 6.45) is 3.73. The fourth-order valence-corrected chi connectivity index (χ4v) is 2.34. The third-order valence-corrected chi connectivity index (χ3v) is 3.76. The van der Waals surface area contributed by atoms with Crippen LogP contribution in [-0.2, 0) is 0 Å². The molecule has 0 saturated heterocycles. The maximum Gasteiger partial charge on any atom is 0.322 e. The molecule has 1 aliphatic rings. The minimum atomic E-state index is -0.342. The lowest BCUT2D eigenvalue weighted by Crippen LogP contribution is -2.38. The van der Waals surface area contributed by atoms with Gasteiger partial charge >= 0.3 is 6.03 Å². The highest BCUT2D eigenvalue weighted by Gasteiger charge is 2.32. The number of nitrogens with one attached hydrogen (secondary N) is 1. The van der Waals surface area contributed by atoms with Crippen LogP contribution in [0.4, 0.5) is 14.9 Å². The Morgan fingerprint density at radius 2 is 2.32 bits per heavy atom. The molecule has 4 nitrogen and oxygen atoms in total. The molecule has 0 aliphatic heterocycles.